The minimum atomic E-state index is -3.74. The second-order valence-corrected chi connectivity index (χ2v) is 8.49. The summed E-state index contributed by atoms with van der Waals surface area (Å²) in [5, 5.41) is 0.437. The van der Waals surface area contributed by atoms with Gasteiger partial charge in [0.1, 0.15) is 0 Å². The van der Waals surface area contributed by atoms with Gasteiger partial charge < -0.3 is 0 Å². The largest absolute Gasteiger partial charge is 0.280 e. The topological polar surface area (TPSA) is 80.3 Å². The zero-order valence-corrected chi connectivity index (χ0v) is 13.3. The number of nitrogens with one attached hydrogen (secondary N) is 1. The first kappa shape index (κ1) is 15.8. The maximum Gasteiger partial charge on any atom is 0.261 e. The van der Waals surface area contributed by atoms with Crippen LogP contribution in [0.15, 0.2) is 58.3 Å². The number of anilines is 1. The molecule has 5 nitrogen and oxygen atoms in total. The third kappa shape index (κ3) is 3.96. The summed E-state index contributed by atoms with van der Waals surface area (Å²) in [6, 6.07) is 11.2. The van der Waals surface area contributed by atoms with Crippen LogP contribution in [0.2, 0.25) is 5.02 Å². The summed E-state index contributed by atoms with van der Waals surface area (Å²) < 4.78 is 49.3. The Morgan fingerprint density at radius 1 is 0.810 bits per heavy atom. The van der Waals surface area contributed by atoms with E-state index < -0.39 is 19.9 Å². The highest BCUT2D eigenvalue weighted by molar-refractivity contribution is 7.92. The van der Waals surface area contributed by atoms with Gasteiger partial charge in [-0.15, -0.1) is 0 Å². The molecule has 1 N–H and O–H groups in total. The quantitative estimate of drug-likeness (QED) is 0.923. The number of sulfonamides is 1. The number of halogens is 1. The van der Waals surface area contributed by atoms with E-state index in [1.165, 1.54) is 48.5 Å². The van der Waals surface area contributed by atoms with Gasteiger partial charge in [0.05, 0.1) is 9.79 Å². The summed E-state index contributed by atoms with van der Waals surface area (Å²) in [6.45, 7) is 0. The van der Waals surface area contributed by atoms with Gasteiger partial charge in [-0.1, -0.05) is 11.6 Å². The second kappa shape index (κ2) is 5.67. The molecule has 21 heavy (non-hydrogen) atoms. The fraction of sp³-hybridized carbons (Fsp3) is 0.0769. The van der Waals surface area contributed by atoms with Crippen LogP contribution in [0, 0.1) is 0 Å². The Kier molecular flexibility index (Phi) is 4.27. The number of sulfone groups is 1. The van der Waals surface area contributed by atoms with Crippen LogP contribution in [-0.4, -0.2) is 23.1 Å². The summed E-state index contributed by atoms with van der Waals surface area (Å²) in [7, 11) is -7.05. The molecule has 0 unspecified atom stereocenters. The van der Waals surface area contributed by atoms with Gasteiger partial charge in [-0.25, -0.2) is 16.8 Å². The van der Waals surface area contributed by atoms with Crippen molar-refractivity contribution in [2.45, 2.75) is 9.79 Å². The van der Waals surface area contributed by atoms with Crippen LogP contribution in [0.1, 0.15) is 0 Å². The van der Waals surface area contributed by atoms with E-state index in [-0.39, 0.29) is 15.5 Å². The highest BCUT2D eigenvalue weighted by Crippen LogP contribution is 2.19. The van der Waals surface area contributed by atoms with Crippen LogP contribution in [-0.2, 0) is 19.9 Å². The molecule has 0 saturated heterocycles. The fourth-order valence-electron chi connectivity index (χ4n) is 1.60. The van der Waals surface area contributed by atoms with Gasteiger partial charge in [0.25, 0.3) is 10.0 Å². The molecule has 0 atom stereocenters. The predicted molar refractivity (Wildman–Crippen MR) is 81.8 cm³/mol. The second-order valence-electron chi connectivity index (χ2n) is 4.36. The smallest absolute Gasteiger partial charge is 0.261 e. The van der Waals surface area contributed by atoms with Gasteiger partial charge >= 0.3 is 0 Å². The Balaban J connectivity index is 2.27. The van der Waals surface area contributed by atoms with Crippen molar-refractivity contribution < 1.29 is 16.8 Å². The molecule has 0 radical (unpaired) electrons. The van der Waals surface area contributed by atoms with E-state index in [0.29, 0.717) is 5.02 Å². The Bertz CT molecular complexity index is 842. The predicted octanol–water partition coefficient (Wildman–Crippen LogP) is 2.54. The molecule has 8 heteroatoms. The molecule has 0 spiro atoms. The van der Waals surface area contributed by atoms with E-state index in [1.807, 2.05) is 0 Å². The Hall–Kier alpha value is -1.57. The highest BCUT2D eigenvalue weighted by atomic mass is 35.5. The number of hydrogen-bond acceptors (Lipinski definition) is 4. The molecule has 0 heterocycles. The van der Waals surface area contributed by atoms with Crippen molar-refractivity contribution in [2.24, 2.45) is 0 Å². The van der Waals surface area contributed by atoms with Crippen molar-refractivity contribution in [3.8, 4) is 0 Å². The first-order chi connectivity index (χ1) is 9.68. The molecule has 0 amide bonds. The lowest BCUT2D eigenvalue weighted by Gasteiger charge is -2.08. The molecule has 0 bridgehead atoms. The number of rotatable bonds is 4. The van der Waals surface area contributed by atoms with E-state index in [0.717, 1.165) is 6.26 Å². The van der Waals surface area contributed by atoms with Gasteiger partial charge in [-0.05, 0) is 48.5 Å². The summed E-state index contributed by atoms with van der Waals surface area (Å²) in [6.07, 6.45) is 1.08. The SMILES string of the molecule is CS(=O)(=O)c1ccc(NS(=O)(=O)c2ccc(Cl)cc2)cc1. The minimum absolute atomic E-state index is 0.0686. The van der Waals surface area contributed by atoms with E-state index in [1.54, 1.807) is 0 Å². The summed E-state index contributed by atoms with van der Waals surface area (Å²) >= 11 is 5.71. The van der Waals surface area contributed by atoms with Gasteiger partial charge in [0, 0.05) is 17.0 Å². The number of benzene rings is 2. The van der Waals surface area contributed by atoms with Crippen LogP contribution in [0.4, 0.5) is 5.69 Å². The van der Waals surface area contributed by atoms with Crippen molar-refractivity contribution in [3.05, 3.63) is 53.6 Å². The van der Waals surface area contributed by atoms with Crippen molar-refractivity contribution in [1.82, 2.24) is 0 Å². The summed E-state index contributed by atoms with van der Waals surface area (Å²) in [5.41, 5.74) is 0.275. The molecule has 2 aromatic rings. The van der Waals surface area contributed by atoms with Crippen molar-refractivity contribution >= 4 is 37.1 Å². The number of hydrogen-bond donors (Lipinski definition) is 1. The third-order valence-corrected chi connectivity index (χ3v) is 5.44. The zero-order chi connectivity index (χ0) is 15.7. The van der Waals surface area contributed by atoms with Crippen LogP contribution < -0.4 is 4.72 Å². The standard InChI is InChI=1S/C13H12ClNO4S2/c1-20(16,17)12-8-4-11(5-9-12)15-21(18,19)13-6-2-10(14)3-7-13/h2-9,15H,1H3. The lowest BCUT2D eigenvalue weighted by molar-refractivity contribution is 0.600. The van der Waals surface area contributed by atoms with Crippen molar-refractivity contribution in [3.63, 3.8) is 0 Å². The molecular formula is C13H12ClNO4S2. The average Bonchev–Trinajstić information content (AvgIpc) is 2.38. The van der Waals surface area contributed by atoms with Crippen LogP contribution in [0.25, 0.3) is 0 Å². The van der Waals surface area contributed by atoms with Crippen LogP contribution in [0.5, 0.6) is 0 Å². The monoisotopic (exact) mass is 345 g/mol. The maximum atomic E-state index is 12.1. The molecule has 2 rings (SSSR count). The molecular weight excluding hydrogens is 334 g/mol. The van der Waals surface area contributed by atoms with Crippen molar-refractivity contribution in [1.29, 1.82) is 0 Å². The molecule has 112 valence electrons. The first-order valence-corrected chi connectivity index (χ1v) is 9.52. The van der Waals surface area contributed by atoms with E-state index in [4.69, 9.17) is 11.6 Å². The van der Waals surface area contributed by atoms with Crippen LogP contribution >= 0.6 is 11.6 Å². The molecule has 0 saturated carbocycles. The van der Waals surface area contributed by atoms with E-state index in [9.17, 15) is 16.8 Å². The van der Waals surface area contributed by atoms with Crippen LogP contribution in [0.3, 0.4) is 0 Å². The van der Waals surface area contributed by atoms with Crippen molar-refractivity contribution in [2.75, 3.05) is 11.0 Å². The van der Waals surface area contributed by atoms with Gasteiger partial charge in [0.2, 0.25) is 0 Å². The molecule has 0 aliphatic heterocycles. The Labute approximate surface area is 128 Å². The normalized spacial score (nSPS) is 12.1. The van der Waals surface area contributed by atoms with E-state index in [2.05, 4.69) is 4.72 Å². The molecule has 0 aliphatic carbocycles. The fourth-order valence-corrected chi connectivity index (χ4v) is 3.41. The van der Waals surface area contributed by atoms with E-state index >= 15 is 0 Å². The summed E-state index contributed by atoms with van der Waals surface area (Å²) in [4.78, 5) is 0.191. The molecule has 0 fully saturated rings. The van der Waals surface area contributed by atoms with Gasteiger partial charge in [0.15, 0.2) is 9.84 Å². The Morgan fingerprint density at radius 3 is 1.76 bits per heavy atom. The van der Waals surface area contributed by atoms with Gasteiger partial charge in [-0.2, -0.15) is 0 Å². The molecule has 0 aromatic heterocycles. The van der Waals surface area contributed by atoms with Gasteiger partial charge in [-0.3, -0.25) is 4.72 Å². The average molecular weight is 346 g/mol. The Morgan fingerprint density at radius 2 is 1.29 bits per heavy atom. The maximum absolute atomic E-state index is 12.1. The lowest BCUT2D eigenvalue weighted by atomic mass is 10.3. The molecule has 2 aromatic carbocycles. The zero-order valence-electron chi connectivity index (χ0n) is 10.9. The first-order valence-electron chi connectivity index (χ1n) is 5.77. The highest BCUT2D eigenvalue weighted by Gasteiger charge is 2.14. The lowest BCUT2D eigenvalue weighted by Crippen LogP contribution is -2.12. The molecule has 0 aliphatic rings. The third-order valence-electron chi connectivity index (χ3n) is 2.66. The minimum Gasteiger partial charge on any atom is -0.280 e. The summed E-state index contributed by atoms with van der Waals surface area (Å²) in [5.74, 6) is 0.